The van der Waals surface area contributed by atoms with Crippen LogP contribution in [0.25, 0.3) is 21.3 Å². The summed E-state index contributed by atoms with van der Waals surface area (Å²) in [7, 11) is 0. The zero-order valence-corrected chi connectivity index (χ0v) is 16.4. The first-order chi connectivity index (χ1) is 12.0. The normalized spacial score (nSPS) is 11.4. The van der Waals surface area contributed by atoms with E-state index < -0.39 is 0 Å². The molecule has 0 saturated carbocycles. The fourth-order valence-electron chi connectivity index (χ4n) is 2.59. The van der Waals surface area contributed by atoms with Crippen LogP contribution >= 0.6 is 23.1 Å². The average molecular weight is 371 g/mol. The maximum atomic E-state index is 13.2. The zero-order valence-electron chi connectivity index (χ0n) is 14.8. The maximum absolute atomic E-state index is 13.2. The van der Waals surface area contributed by atoms with E-state index in [0.717, 1.165) is 26.9 Å². The highest BCUT2D eigenvalue weighted by Gasteiger charge is 2.17. The van der Waals surface area contributed by atoms with Crippen molar-refractivity contribution in [1.82, 2.24) is 9.55 Å². The third kappa shape index (κ3) is 3.72. The van der Waals surface area contributed by atoms with E-state index in [0.29, 0.717) is 17.8 Å². The lowest BCUT2D eigenvalue weighted by Crippen LogP contribution is -2.22. The lowest BCUT2D eigenvalue weighted by molar-refractivity contribution is 0.668. The molecular formula is C20H22N2OS2. The van der Waals surface area contributed by atoms with Crippen LogP contribution in [0.4, 0.5) is 0 Å². The van der Waals surface area contributed by atoms with Crippen LogP contribution in [0, 0.1) is 12.8 Å². The predicted molar refractivity (Wildman–Crippen MR) is 110 cm³/mol. The summed E-state index contributed by atoms with van der Waals surface area (Å²) in [5.41, 5.74) is 3.25. The number of benzene rings is 1. The molecule has 0 bridgehead atoms. The second-order valence-electron chi connectivity index (χ2n) is 6.50. The Bertz CT molecular complexity index is 952. The molecule has 0 spiro atoms. The molecule has 0 N–H and O–H groups in total. The van der Waals surface area contributed by atoms with Gasteiger partial charge in [-0.05, 0) is 18.4 Å². The Hall–Kier alpha value is -1.85. The van der Waals surface area contributed by atoms with Crippen LogP contribution in [0.2, 0.25) is 0 Å². The van der Waals surface area contributed by atoms with Crippen LogP contribution in [0.5, 0.6) is 0 Å². The monoisotopic (exact) mass is 370 g/mol. The quantitative estimate of drug-likeness (QED) is 0.332. The minimum Gasteiger partial charge on any atom is -0.283 e. The molecule has 3 rings (SSSR count). The van der Waals surface area contributed by atoms with Crippen molar-refractivity contribution in [2.45, 2.75) is 32.5 Å². The summed E-state index contributed by atoms with van der Waals surface area (Å²) >= 11 is 3.18. The molecule has 130 valence electrons. The van der Waals surface area contributed by atoms with Crippen molar-refractivity contribution in [2.24, 2.45) is 5.92 Å². The number of thioether (sulfide) groups is 1. The number of nitrogens with zero attached hydrogens (tertiary/aromatic N) is 2. The number of aryl methyl sites for hydroxylation is 1. The fourth-order valence-corrected chi connectivity index (χ4v) is 4.54. The molecular weight excluding hydrogens is 348 g/mol. The van der Waals surface area contributed by atoms with Gasteiger partial charge in [0.25, 0.3) is 5.56 Å². The van der Waals surface area contributed by atoms with Crippen molar-refractivity contribution in [1.29, 1.82) is 0 Å². The van der Waals surface area contributed by atoms with E-state index in [1.165, 1.54) is 16.9 Å². The van der Waals surface area contributed by atoms with Crippen molar-refractivity contribution >= 4 is 33.3 Å². The van der Waals surface area contributed by atoms with Crippen molar-refractivity contribution in [3.63, 3.8) is 0 Å². The first-order valence-corrected chi connectivity index (χ1v) is 10.2. The Balaban J connectivity index is 2.17. The Morgan fingerprint density at radius 2 is 2.04 bits per heavy atom. The van der Waals surface area contributed by atoms with E-state index in [-0.39, 0.29) is 5.56 Å². The van der Waals surface area contributed by atoms with E-state index in [9.17, 15) is 4.79 Å². The van der Waals surface area contributed by atoms with Gasteiger partial charge in [0.1, 0.15) is 4.83 Å². The molecule has 0 unspecified atom stereocenters. The van der Waals surface area contributed by atoms with E-state index in [1.54, 1.807) is 22.4 Å². The van der Waals surface area contributed by atoms with Crippen LogP contribution in [0.15, 0.2) is 52.3 Å². The molecule has 3 aromatic rings. The highest BCUT2D eigenvalue weighted by atomic mass is 32.2. The van der Waals surface area contributed by atoms with Crippen LogP contribution in [0.1, 0.15) is 19.4 Å². The van der Waals surface area contributed by atoms with Crippen LogP contribution in [-0.2, 0) is 6.54 Å². The molecule has 2 aromatic heterocycles. The van der Waals surface area contributed by atoms with Gasteiger partial charge in [-0.25, -0.2) is 4.98 Å². The van der Waals surface area contributed by atoms with E-state index in [1.807, 2.05) is 5.38 Å². The number of hydrogen-bond acceptors (Lipinski definition) is 4. The SMILES string of the molecule is C=CCn1c(SCC(C)C)nc2scc(-c3ccc(C)cc3)c2c1=O. The number of thiophene rings is 1. The lowest BCUT2D eigenvalue weighted by atomic mass is 10.1. The molecule has 3 nitrogen and oxygen atoms in total. The summed E-state index contributed by atoms with van der Waals surface area (Å²) in [4.78, 5) is 18.8. The maximum Gasteiger partial charge on any atom is 0.263 e. The van der Waals surface area contributed by atoms with E-state index in [4.69, 9.17) is 4.98 Å². The van der Waals surface area contributed by atoms with E-state index in [2.05, 4.69) is 51.6 Å². The molecule has 25 heavy (non-hydrogen) atoms. The van der Waals surface area contributed by atoms with Crippen LogP contribution in [0.3, 0.4) is 0 Å². The summed E-state index contributed by atoms with van der Waals surface area (Å²) in [5.74, 6) is 1.48. The summed E-state index contributed by atoms with van der Waals surface area (Å²) in [6, 6.07) is 8.27. The van der Waals surface area contributed by atoms with Crippen molar-refractivity contribution in [3.8, 4) is 11.1 Å². The summed E-state index contributed by atoms with van der Waals surface area (Å²) < 4.78 is 1.74. The first kappa shape index (κ1) is 18.0. The molecule has 0 amide bonds. The van der Waals surface area contributed by atoms with Crippen LogP contribution < -0.4 is 5.56 Å². The molecule has 0 saturated heterocycles. The second-order valence-corrected chi connectivity index (χ2v) is 8.34. The van der Waals surface area contributed by atoms with Gasteiger partial charge in [-0.3, -0.25) is 9.36 Å². The largest absolute Gasteiger partial charge is 0.283 e. The Morgan fingerprint density at radius 3 is 2.68 bits per heavy atom. The summed E-state index contributed by atoms with van der Waals surface area (Å²) in [6.07, 6.45) is 1.76. The minimum atomic E-state index is 0.0213. The highest BCUT2D eigenvalue weighted by molar-refractivity contribution is 7.99. The van der Waals surface area contributed by atoms with Gasteiger partial charge in [0.2, 0.25) is 0 Å². The molecule has 0 radical (unpaired) electrons. The summed E-state index contributed by atoms with van der Waals surface area (Å²) in [5, 5.41) is 3.53. The number of aromatic nitrogens is 2. The van der Waals surface area contributed by atoms with Crippen molar-refractivity contribution in [2.75, 3.05) is 5.75 Å². The first-order valence-electron chi connectivity index (χ1n) is 8.34. The number of rotatable bonds is 6. The Labute approximate surface area is 156 Å². The average Bonchev–Trinajstić information content (AvgIpc) is 3.00. The van der Waals surface area contributed by atoms with E-state index >= 15 is 0 Å². The van der Waals surface area contributed by atoms with Crippen molar-refractivity contribution < 1.29 is 0 Å². The third-order valence-corrected chi connectivity index (χ3v) is 6.15. The number of allylic oxidation sites excluding steroid dienone is 1. The molecule has 0 atom stereocenters. The van der Waals surface area contributed by atoms with Gasteiger partial charge in [0.05, 0.1) is 5.39 Å². The fraction of sp³-hybridized carbons (Fsp3) is 0.300. The van der Waals surface area contributed by atoms with Gasteiger partial charge >= 0.3 is 0 Å². The van der Waals surface area contributed by atoms with Gasteiger partial charge < -0.3 is 0 Å². The highest BCUT2D eigenvalue weighted by Crippen LogP contribution is 2.32. The Kier molecular flexibility index (Phi) is 5.45. The lowest BCUT2D eigenvalue weighted by Gasteiger charge is -2.11. The standard InChI is InChI=1S/C20H22N2OS2/c1-5-10-22-19(23)17-16(15-8-6-14(4)7-9-15)12-24-18(17)21-20(22)25-11-13(2)3/h5-9,12-13H,1,10-11H2,2-4H3. The third-order valence-electron chi connectivity index (χ3n) is 3.88. The Morgan fingerprint density at radius 1 is 1.32 bits per heavy atom. The number of fused-ring (bicyclic) bond motifs is 1. The molecule has 0 aliphatic rings. The topological polar surface area (TPSA) is 34.9 Å². The molecule has 0 aliphatic carbocycles. The van der Waals surface area contributed by atoms with Crippen molar-refractivity contribution in [3.05, 3.63) is 58.2 Å². The van der Waals surface area contributed by atoms with Gasteiger partial charge in [-0.1, -0.05) is 61.5 Å². The molecule has 1 aromatic carbocycles. The van der Waals surface area contributed by atoms with Gasteiger partial charge in [0.15, 0.2) is 5.16 Å². The van der Waals surface area contributed by atoms with Gasteiger partial charge in [0, 0.05) is 23.2 Å². The van der Waals surface area contributed by atoms with Gasteiger partial charge in [-0.15, -0.1) is 17.9 Å². The minimum absolute atomic E-state index is 0.0213. The number of hydrogen-bond donors (Lipinski definition) is 0. The smallest absolute Gasteiger partial charge is 0.263 e. The molecule has 2 heterocycles. The van der Waals surface area contributed by atoms with Crippen LogP contribution in [-0.4, -0.2) is 15.3 Å². The second kappa shape index (κ2) is 7.58. The predicted octanol–water partition coefficient (Wildman–Crippen LogP) is 5.37. The van der Waals surface area contributed by atoms with Gasteiger partial charge in [-0.2, -0.15) is 0 Å². The zero-order chi connectivity index (χ0) is 18.0. The summed E-state index contributed by atoms with van der Waals surface area (Å²) in [6.45, 7) is 10.7. The molecule has 0 fully saturated rings. The molecule has 0 aliphatic heterocycles. The molecule has 5 heteroatoms.